The van der Waals surface area contributed by atoms with Gasteiger partial charge in [0.15, 0.2) is 0 Å². The molecule has 2 unspecified atom stereocenters. The van der Waals surface area contributed by atoms with Crippen molar-refractivity contribution in [2.24, 2.45) is 5.92 Å². The summed E-state index contributed by atoms with van der Waals surface area (Å²) in [5.41, 5.74) is 0.771. The predicted octanol–water partition coefficient (Wildman–Crippen LogP) is 4.22. The Hall–Kier alpha value is -4.18. The summed E-state index contributed by atoms with van der Waals surface area (Å²) in [4.78, 5) is 76.0. The number of hydrogen-bond acceptors (Lipinski definition) is 10. The van der Waals surface area contributed by atoms with Crippen LogP contribution in [0.1, 0.15) is 120 Å². The number of carbonyl (C=O) groups excluding carboxylic acids is 5. The van der Waals surface area contributed by atoms with Gasteiger partial charge in [0.2, 0.25) is 21.8 Å². The Kier molecular flexibility index (Phi) is 12.5. The number of alkyl carbamates (subject to hydrolysis) is 1. The highest BCUT2D eigenvalue weighted by Crippen LogP contribution is 2.46. The van der Waals surface area contributed by atoms with Crippen LogP contribution in [0.3, 0.4) is 0 Å². The van der Waals surface area contributed by atoms with E-state index in [2.05, 4.69) is 32.4 Å². The van der Waals surface area contributed by atoms with Crippen LogP contribution in [0, 0.1) is 5.92 Å². The van der Waals surface area contributed by atoms with Crippen LogP contribution < -0.4 is 15.4 Å². The number of piperidine rings is 1. The summed E-state index contributed by atoms with van der Waals surface area (Å²) in [6.45, 7) is 2.96. The molecule has 1 aromatic carbocycles. The van der Waals surface area contributed by atoms with E-state index in [1.165, 1.54) is 16.9 Å². The van der Waals surface area contributed by atoms with Gasteiger partial charge in [-0.1, -0.05) is 55.7 Å². The monoisotopic (exact) mass is 836 g/mol. The van der Waals surface area contributed by atoms with Crippen molar-refractivity contribution in [3.8, 4) is 0 Å². The van der Waals surface area contributed by atoms with E-state index in [1.54, 1.807) is 4.90 Å². The van der Waals surface area contributed by atoms with Gasteiger partial charge in [0, 0.05) is 25.4 Å². The number of amides is 5. The Morgan fingerprint density at radius 3 is 2.39 bits per heavy atom. The average Bonchev–Trinajstić information content (AvgIpc) is 4.10. The summed E-state index contributed by atoms with van der Waals surface area (Å²) in [5.74, 6) is -2.39. The fourth-order valence-electron chi connectivity index (χ4n) is 9.85. The van der Waals surface area contributed by atoms with Crippen LogP contribution in [0.25, 0.3) is 0 Å². The highest BCUT2D eigenvalue weighted by atomic mass is 32.2. The highest BCUT2D eigenvalue weighted by molar-refractivity contribution is 7.91. The van der Waals surface area contributed by atoms with Gasteiger partial charge in [-0.3, -0.25) is 24.0 Å². The molecule has 1 aromatic rings. The van der Waals surface area contributed by atoms with E-state index in [4.69, 9.17) is 9.47 Å². The third-order valence-corrected chi connectivity index (χ3v) is 15.3. The first-order chi connectivity index (χ1) is 28.5. The summed E-state index contributed by atoms with van der Waals surface area (Å²) in [7, 11) is -3.91. The Bertz CT molecular complexity index is 1890. The molecular weight excluding hydrogens is 777 g/mol. The molecule has 5 amide bonds. The normalized spacial score (nSPS) is 31.4. The van der Waals surface area contributed by atoms with Crippen molar-refractivity contribution in [2.75, 3.05) is 32.7 Å². The molecule has 0 radical (unpaired) electrons. The lowest BCUT2D eigenvalue weighted by Gasteiger charge is -2.40. The lowest BCUT2D eigenvalue weighted by atomic mass is 9.92. The molecule has 0 aromatic heterocycles. The molecule has 0 spiro atoms. The van der Waals surface area contributed by atoms with E-state index >= 15 is 0 Å². The van der Waals surface area contributed by atoms with Crippen LogP contribution in [-0.2, 0) is 40.3 Å². The van der Waals surface area contributed by atoms with Gasteiger partial charge in [0.25, 0.3) is 5.91 Å². The number of likely N-dealkylation sites (tertiary alicyclic amines) is 1. The second-order valence-electron chi connectivity index (χ2n) is 17.8. The van der Waals surface area contributed by atoms with Gasteiger partial charge >= 0.3 is 12.2 Å². The minimum absolute atomic E-state index is 0.0393. The molecule has 6 atom stereocenters. The van der Waals surface area contributed by atoms with Gasteiger partial charge in [-0.15, -0.1) is 0 Å². The minimum Gasteiger partial charge on any atom is -0.446 e. The van der Waals surface area contributed by atoms with Crippen molar-refractivity contribution in [3.63, 3.8) is 0 Å². The van der Waals surface area contributed by atoms with Gasteiger partial charge in [0.05, 0.1) is 17.8 Å². The summed E-state index contributed by atoms with van der Waals surface area (Å²) in [5, 5.41) is 5.06. The SMILES string of the molecule is O=C(NC1CCCCC/C=C\[C@@H]2C[C@@]2(C(=O)NS(=O)(=O)C2CC2)NC(=O)[C@@H]2C[C@@H](OC(=O)N3CCc4ccccc4C3CN3CCCCC3)CN2C1=O)OC1CCCC1. The fraction of sp³-hybridized carbons (Fsp3) is 0.698. The molecule has 322 valence electrons. The van der Waals surface area contributed by atoms with E-state index < -0.39 is 74.8 Å². The largest absolute Gasteiger partial charge is 0.446 e. The number of rotatable bonds is 8. The molecule has 3 N–H and O–H groups in total. The minimum atomic E-state index is -3.91. The lowest BCUT2D eigenvalue weighted by Crippen LogP contribution is -2.58. The molecule has 0 bridgehead atoms. The first kappa shape index (κ1) is 41.5. The number of nitrogens with one attached hydrogen (secondary N) is 3. The Labute approximate surface area is 347 Å². The van der Waals surface area contributed by atoms with Gasteiger partial charge in [-0.05, 0) is 108 Å². The number of fused-ring (bicyclic) bond motifs is 3. The van der Waals surface area contributed by atoms with E-state index in [-0.39, 0.29) is 31.5 Å². The summed E-state index contributed by atoms with van der Waals surface area (Å²) in [6, 6.07) is 5.79. The number of nitrogens with zero attached hydrogens (tertiary/aromatic N) is 3. The zero-order chi connectivity index (χ0) is 41.1. The zero-order valence-electron chi connectivity index (χ0n) is 34.0. The van der Waals surface area contributed by atoms with Crippen LogP contribution in [-0.4, -0.2) is 121 Å². The summed E-state index contributed by atoms with van der Waals surface area (Å²) < 4.78 is 40.0. The van der Waals surface area contributed by atoms with Gasteiger partial charge in [0.1, 0.15) is 29.8 Å². The van der Waals surface area contributed by atoms with E-state index in [1.807, 2.05) is 24.3 Å². The Morgan fingerprint density at radius 2 is 1.61 bits per heavy atom. The Morgan fingerprint density at radius 1 is 0.864 bits per heavy atom. The van der Waals surface area contributed by atoms with Crippen LogP contribution in [0.5, 0.6) is 0 Å². The molecule has 3 saturated carbocycles. The molecule has 4 heterocycles. The van der Waals surface area contributed by atoms with E-state index in [0.717, 1.165) is 70.0 Å². The second-order valence-corrected chi connectivity index (χ2v) is 19.7. The number of allylic oxidation sites excluding steroid dienone is 1. The van der Waals surface area contributed by atoms with E-state index in [9.17, 15) is 32.4 Å². The molecule has 15 nitrogen and oxygen atoms in total. The number of hydrogen-bond donors (Lipinski definition) is 3. The number of sulfonamides is 1. The van der Waals surface area contributed by atoms with Crippen LogP contribution in [0.4, 0.5) is 9.59 Å². The molecule has 7 aliphatic rings. The first-order valence-electron chi connectivity index (χ1n) is 22.1. The van der Waals surface area contributed by atoms with Crippen molar-refractivity contribution in [1.82, 2.24) is 30.1 Å². The topological polar surface area (TPSA) is 184 Å². The highest BCUT2D eigenvalue weighted by Gasteiger charge is 2.62. The van der Waals surface area contributed by atoms with Crippen molar-refractivity contribution in [1.29, 1.82) is 0 Å². The molecule has 2 saturated heterocycles. The molecule has 3 aliphatic carbocycles. The van der Waals surface area contributed by atoms with Gasteiger partial charge < -0.3 is 29.9 Å². The smallest absolute Gasteiger partial charge is 0.410 e. The van der Waals surface area contributed by atoms with Gasteiger partial charge in [-0.2, -0.15) is 0 Å². The molecule has 5 fully saturated rings. The summed E-state index contributed by atoms with van der Waals surface area (Å²) in [6.07, 6.45) is 13.4. The molecule has 16 heteroatoms. The molecular formula is C43H60N6O9S. The van der Waals surface area contributed by atoms with Crippen molar-refractivity contribution < 1.29 is 41.9 Å². The number of benzene rings is 1. The van der Waals surface area contributed by atoms with E-state index in [0.29, 0.717) is 51.6 Å². The van der Waals surface area contributed by atoms with Crippen molar-refractivity contribution in [3.05, 3.63) is 47.5 Å². The second kappa shape index (κ2) is 17.8. The van der Waals surface area contributed by atoms with Crippen LogP contribution in [0.2, 0.25) is 0 Å². The quantitative estimate of drug-likeness (QED) is 0.321. The van der Waals surface area contributed by atoms with Crippen LogP contribution >= 0.6 is 0 Å². The van der Waals surface area contributed by atoms with Crippen LogP contribution in [0.15, 0.2) is 36.4 Å². The molecule has 4 aliphatic heterocycles. The maximum absolute atomic E-state index is 14.7. The average molecular weight is 837 g/mol. The number of ether oxygens (including phenoxy) is 2. The zero-order valence-corrected chi connectivity index (χ0v) is 34.8. The van der Waals surface area contributed by atoms with Gasteiger partial charge in [-0.25, -0.2) is 18.0 Å². The first-order valence-corrected chi connectivity index (χ1v) is 23.6. The Balaban J connectivity index is 1.04. The third kappa shape index (κ3) is 9.58. The van der Waals surface area contributed by atoms with Crippen molar-refractivity contribution >= 4 is 39.9 Å². The standard InChI is InChI=1S/C43H60N6O9S/c50-38-36-25-32(58-42(54)48-24-21-29-13-7-10-17-34(29)37(48)28-47-22-11-4-12-23-47)27-49(36)39(51)35(44-41(53)57-31-15-8-9-16-31)18-6-3-1-2-5-14-30-26-43(30,45-38)40(52)46-59(55,56)33-19-20-33/h5,7,10,13-14,17,30-33,35-37H,1-4,6,8-9,11-12,15-16,18-28H2,(H,44,53)(H,45,50)(H,46,52)/b14-5-/t30-,32-,35?,36+,37?,43-/m1/s1. The maximum Gasteiger partial charge on any atom is 0.410 e. The van der Waals surface area contributed by atoms with Crippen molar-refractivity contribution in [2.45, 2.75) is 150 Å². The summed E-state index contributed by atoms with van der Waals surface area (Å²) >= 11 is 0. The predicted molar refractivity (Wildman–Crippen MR) is 217 cm³/mol. The molecule has 8 rings (SSSR count). The fourth-order valence-corrected chi connectivity index (χ4v) is 11.2. The molecule has 59 heavy (non-hydrogen) atoms. The third-order valence-electron chi connectivity index (χ3n) is 13.5. The lowest BCUT2D eigenvalue weighted by molar-refractivity contribution is -0.141. The maximum atomic E-state index is 14.7. The number of carbonyl (C=O) groups is 5.